The van der Waals surface area contributed by atoms with Crippen LogP contribution >= 0.6 is 0 Å². The van der Waals surface area contributed by atoms with Gasteiger partial charge in [0.2, 0.25) is 0 Å². The zero-order valence-electron chi connectivity index (χ0n) is 6.64. The second kappa shape index (κ2) is 6.50. The fourth-order valence-electron chi connectivity index (χ4n) is 0.0680. The Hall–Kier alpha value is -0.210. The van der Waals surface area contributed by atoms with Gasteiger partial charge in [0.15, 0.2) is 0 Å². The average molecular weight is 187 g/mol. The van der Waals surface area contributed by atoms with Crippen LogP contribution in [-0.4, -0.2) is 34.0 Å². The molecule has 0 spiro atoms. The van der Waals surface area contributed by atoms with Crippen LogP contribution in [0.5, 0.6) is 0 Å². The van der Waals surface area contributed by atoms with Crippen LogP contribution in [-0.2, 0) is 18.8 Å². The van der Waals surface area contributed by atoms with Gasteiger partial charge in [-0.1, -0.05) is 0 Å². The van der Waals surface area contributed by atoms with E-state index >= 15 is 0 Å². The van der Waals surface area contributed by atoms with Crippen molar-refractivity contribution in [1.82, 2.24) is 0 Å². The fraction of sp³-hybridized carbons (Fsp3) is 1.00. The van der Waals surface area contributed by atoms with Crippen LogP contribution in [0, 0.1) is 0 Å². The van der Waals surface area contributed by atoms with E-state index in [0.717, 1.165) is 14.2 Å². The molecular formula is C4H13NO5S. The highest BCUT2D eigenvalue weighted by Crippen LogP contribution is 1.85. The summed E-state index contributed by atoms with van der Waals surface area (Å²) in [6.07, 6.45) is -0.667. The Morgan fingerprint density at radius 1 is 1.36 bits per heavy atom. The van der Waals surface area contributed by atoms with Crippen LogP contribution in [0.4, 0.5) is 0 Å². The van der Waals surface area contributed by atoms with Crippen molar-refractivity contribution in [3.8, 4) is 0 Å². The molecule has 0 saturated carbocycles. The minimum absolute atomic E-state index is 0.667. The third-order valence-electron chi connectivity index (χ3n) is 0.408. The summed E-state index contributed by atoms with van der Waals surface area (Å²) in [5.41, 5.74) is 4.67. The van der Waals surface area contributed by atoms with Gasteiger partial charge in [-0.3, -0.25) is 8.37 Å². The van der Waals surface area contributed by atoms with Crippen molar-refractivity contribution in [2.75, 3.05) is 14.2 Å². The van der Waals surface area contributed by atoms with E-state index in [2.05, 4.69) is 14.1 Å². The van der Waals surface area contributed by atoms with Crippen LogP contribution in [0.3, 0.4) is 0 Å². The van der Waals surface area contributed by atoms with E-state index in [1.807, 2.05) is 0 Å². The summed E-state index contributed by atoms with van der Waals surface area (Å²) < 4.78 is 27.5. The van der Waals surface area contributed by atoms with E-state index in [4.69, 9.17) is 5.11 Å². The largest absolute Gasteiger partial charge is 0.399 e. The fourth-order valence-corrected chi connectivity index (χ4v) is 0.204. The number of aliphatic hydroxyl groups is 1. The van der Waals surface area contributed by atoms with Crippen LogP contribution in [0.2, 0.25) is 0 Å². The number of hydrogen-bond acceptors (Lipinski definition) is 6. The van der Waals surface area contributed by atoms with Crippen molar-refractivity contribution in [3.63, 3.8) is 0 Å². The van der Waals surface area contributed by atoms with Crippen LogP contribution < -0.4 is 5.73 Å². The first kappa shape index (κ1) is 13.4. The SMILES string of the molecule is CC(N)O.COS(=O)(=O)OC. The predicted molar refractivity (Wildman–Crippen MR) is 38.8 cm³/mol. The molecule has 0 fully saturated rings. The first-order valence-electron chi connectivity index (χ1n) is 2.65. The van der Waals surface area contributed by atoms with Crippen molar-refractivity contribution in [1.29, 1.82) is 0 Å². The second-order valence-electron chi connectivity index (χ2n) is 1.48. The molecule has 11 heavy (non-hydrogen) atoms. The highest BCUT2D eigenvalue weighted by molar-refractivity contribution is 7.81. The Balaban J connectivity index is 0. The molecule has 0 aliphatic rings. The Morgan fingerprint density at radius 2 is 1.55 bits per heavy atom. The quantitative estimate of drug-likeness (QED) is 0.527. The van der Waals surface area contributed by atoms with Crippen LogP contribution in [0.1, 0.15) is 6.92 Å². The lowest BCUT2D eigenvalue weighted by atomic mass is 10.7. The smallest absolute Gasteiger partial charge is 0.379 e. The van der Waals surface area contributed by atoms with E-state index in [1.165, 1.54) is 6.92 Å². The Labute approximate surface area is 66.2 Å². The highest BCUT2D eigenvalue weighted by Gasteiger charge is 2.01. The lowest BCUT2D eigenvalue weighted by Gasteiger charge is -1.91. The van der Waals surface area contributed by atoms with Crippen molar-refractivity contribution in [3.05, 3.63) is 0 Å². The Kier molecular flexibility index (Phi) is 7.91. The molecule has 0 rings (SSSR count). The molecule has 0 saturated heterocycles. The summed E-state index contributed by atoms with van der Waals surface area (Å²) in [6.45, 7) is 1.50. The van der Waals surface area contributed by atoms with Gasteiger partial charge in [-0.05, 0) is 6.92 Å². The van der Waals surface area contributed by atoms with E-state index in [9.17, 15) is 8.42 Å². The van der Waals surface area contributed by atoms with Gasteiger partial charge in [0.05, 0.1) is 20.4 Å². The molecule has 0 radical (unpaired) electrons. The molecule has 6 nitrogen and oxygen atoms in total. The Morgan fingerprint density at radius 3 is 1.55 bits per heavy atom. The monoisotopic (exact) mass is 187 g/mol. The summed E-state index contributed by atoms with van der Waals surface area (Å²) in [5, 5.41) is 7.83. The maximum absolute atomic E-state index is 9.92. The van der Waals surface area contributed by atoms with Crippen molar-refractivity contribution in [2.24, 2.45) is 5.73 Å². The maximum atomic E-state index is 9.92. The highest BCUT2D eigenvalue weighted by atomic mass is 32.3. The minimum atomic E-state index is -3.66. The molecule has 0 aliphatic heterocycles. The molecule has 0 aromatic heterocycles. The zero-order valence-corrected chi connectivity index (χ0v) is 7.46. The molecule has 0 heterocycles. The summed E-state index contributed by atoms with van der Waals surface area (Å²) in [7, 11) is -1.60. The predicted octanol–water partition coefficient (Wildman–Crippen LogP) is -1.19. The maximum Gasteiger partial charge on any atom is 0.399 e. The molecule has 1 unspecified atom stereocenters. The third kappa shape index (κ3) is 17.7. The van der Waals surface area contributed by atoms with Gasteiger partial charge in [0.25, 0.3) is 0 Å². The first-order chi connectivity index (χ1) is 4.85. The average Bonchev–Trinajstić information content (AvgIpc) is 1.87. The summed E-state index contributed by atoms with van der Waals surface area (Å²) in [4.78, 5) is 0. The number of rotatable bonds is 2. The Bertz CT molecular complexity index is 151. The van der Waals surface area contributed by atoms with Crippen LogP contribution in [0.25, 0.3) is 0 Å². The summed E-state index contributed by atoms with van der Waals surface area (Å²) in [6, 6.07) is 0. The molecule has 1 atom stereocenters. The van der Waals surface area contributed by atoms with Gasteiger partial charge < -0.3 is 10.8 Å². The standard InChI is InChI=1S/C2H7NO.C2H6O4S/c1-2(3)4;1-5-7(3,4)6-2/h2,4H,3H2,1H3;1-2H3. The second-order valence-corrected chi connectivity index (χ2v) is 2.97. The normalized spacial score (nSPS) is 13.2. The van der Waals surface area contributed by atoms with E-state index in [0.29, 0.717) is 0 Å². The number of aliphatic hydroxyl groups excluding tert-OH is 1. The molecular weight excluding hydrogens is 174 g/mol. The molecule has 0 aliphatic carbocycles. The van der Waals surface area contributed by atoms with E-state index in [1.54, 1.807) is 0 Å². The van der Waals surface area contributed by atoms with Crippen molar-refractivity contribution < 1.29 is 21.9 Å². The number of hydrogen-bond donors (Lipinski definition) is 2. The first-order valence-corrected chi connectivity index (χ1v) is 3.99. The molecule has 0 aromatic rings. The van der Waals surface area contributed by atoms with Crippen molar-refractivity contribution in [2.45, 2.75) is 13.2 Å². The molecule has 0 bridgehead atoms. The van der Waals surface area contributed by atoms with Gasteiger partial charge in [0.1, 0.15) is 0 Å². The van der Waals surface area contributed by atoms with Gasteiger partial charge in [-0.25, -0.2) is 0 Å². The molecule has 3 N–H and O–H groups in total. The zero-order chi connectivity index (χ0) is 9.49. The summed E-state index contributed by atoms with van der Waals surface area (Å²) in [5.74, 6) is 0. The lowest BCUT2D eigenvalue weighted by molar-refractivity contribution is 0.203. The van der Waals surface area contributed by atoms with E-state index in [-0.39, 0.29) is 0 Å². The number of nitrogens with two attached hydrogens (primary N) is 1. The van der Waals surface area contributed by atoms with Crippen molar-refractivity contribution >= 4 is 10.4 Å². The van der Waals surface area contributed by atoms with Gasteiger partial charge in [0, 0.05) is 0 Å². The summed E-state index contributed by atoms with van der Waals surface area (Å²) >= 11 is 0. The molecule has 70 valence electrons. The topological polar surface area (TPSA) is 98.9 Å². The molecule has 0 amide bonds. The van der Waals surface area contributed by atoms with Crippen LogP contribution in [0.15, 0.2) is 0 Å². The van der Waals surface area contributed by atoms with E-state index < -0.39 is 16.6 Å². The molecule has 0 aromatic carbocycles. The van der Waals surface area contributed by atoms with Gasteiger partial charge in [-0.2, -0.15) is 8.42 Å². The van der Waals surface area contributed by atoms with Gasteiger partial charge in [-0.15, -0.1) is 0 Å². The lowest BCUT2D eigenvalue weighted by Crippen LogP contribution is -2.11. The van der Waals surface area contributed by atoms with Gasteiger partial charge >= 0.3 is 10.4 Å². The minimum Gasteiger partial charge on any atom is -0.379 e. The molecule has 7 heteroatoms. The third-order valence-corrected chi connectivity index (χ3v) is 1.22.